The molecule has 0 spiro atoms. The number of hydrogen-bond acceptors (Lipinski definition) is 3. The van der Waals surface area contributed by atoms with Crippen LogP contribution in [0.15, 0.2) is 64.0 Å². The predicted octanol–water partition coefficient (Wildman–Crippen LogP) is 3.41. The number of benzene rings is 2. The Labute approximate surface area is 136 Å². The smallest absolute Gasteiger partial charge is 0.264 e. The summed E-state index contributed by atoms with van der Waals surface area (Å²) in [6.45, 7) is -0.427. The van der Waals surface area contributed by atoms with E-state index in [-0.39, 0.29) is 4.90 Å². The van der Waals surface area contributed by atoms with Gasteiger partial charge >= 0.3 is 0 Å². The summed E-state index contributed by atoms with van der Waals surface area (Å²) in [7, 11) is -3.86. The second-order valence-corrected chi connectivity index (χ2v) is 7.36. The van der Waals surface area contributed by atoms with E-state index in [0.29, 0.717) is 5.69 Å². The van der Waals surface area contributed by atoms with Crippen LogP contribution >= 0.6 is 27.5 Å². The van der Waals surface area contributed by atoms with Gasteiger partial charge < -0.3 is 0 Å². The first-order chi connectivity index (χ1) is 9.91. The Hall–Kier alpha value is -1.37. The molecule has 0 saturated carbocycles. The molecule has 0 saturated heterocycles. The van der Waals surface area contributed by atoms with Crippen molar-refractivity contribution >= 4 is 48.5 Å². The number of halogens is 2. The average molecular weight is 389 g/mol. The lowest BCUT2D eigenvalue weighted by atomic mass is 10.3. The molecule has 0 aromatic heterocycles. The zero-order valence-corrected chi connectivity index (χ0v) is 13.9. The van der Waals surface area contributed by atoms with Crippen LogP contribution in [0.25, 0.3) is 0 Å². The van der Waals surface area contributed by atoms with Crippen molar-refractivity contribution in [2.45, 2.75) is 4.90 Å². The Morgan fingerprint density at radius 1 is 1.05 bits per heavy atom. The highest BCUT2D eigenvalue weighted by molar-refractivity contribution is 9.10. The van der Waals surface area contributed by atoms with E-state index in [1.807, 2.05) is 0 Å². The molecule has 0 aliphatic rings. The number of anilines is 1. The first kappa shape index (κ1) is 16.0. The van der Waals surface area contributed by atoms with Gasteiger partial charge in [-0.15, -0.1) is 0 Å². The number of carbonyl (C=O) groups is 1. The summed E-state index contributed by atoms with van der Waals surface area (Å²) in [4.78, 5) is 11.3. The summed E-state index contributed by atoms with van der Waals surface area (Å²) < 4.78 is 27.1. The molecule has 0 radical (unpaired) electrons. The van der Waals surface area contributed by atoms with E-state index in [1.54, 1.807) is 42.5 Å². The first-order valence-corrected chi connectivity index (χ1v) is 8.54. The standard InChI is InChI=1S/C14H11BrClNO3S/c15-11-6-8-13(9-7-11)21(19,20)17(10-14(16)18)12-4-2-1-3-5-12/h1-9H,10H2. The van der Waals surface area contributed by atoms with Gasteiger partial charge in [0.15, 0.2) is 0 Å². The summed E-state index contributed by atoms with van der Waals surface area (Å²) in [6.07, 6.45) is 0. The van der Waals surface area contributed by atoms with Crippen molar-refractivity contribution < 1.29 is 13.2 Å². The van der Waals surface area contributed by atoms with Crippen LogP contribution < -0.4 is 4.31 Å². The van der Waals surface area contributed by atoms with Gasteiger partial charge in [0.25, 0.3) is 10.0 Å². The molecule has 0 aliphatic carbocycles. The summed E-state index contributed by atoms with van der Waals surface area (Å²) in [5, 5.41) is -0.750. The Balaban J connectivity index is 2.49. The molecule has 7 heteroatoms. The second kappa shape index (κ2) is 6.60. The molecule has 0 unspecified atom stereocenters. The fourth-order valence-corrected chi connectivity index (χ4v) is 3.63. The lowest BCUT2D eigenvalue weighted by Gasteiger charge is -2.22. The number of hydrogen-bond donors (Lipinski definition) is 0. The van der Waals surface area contributed by atoms with E-state index >= 15 is 0 Å². The third-order valence-corrected chi connectivity index (χ3v) is 5.15. The van der Waals surface area contributed by atoms with Crippen molar-refractivity contribution in [2.24, 2.45) is 0 Å². The van der Waals surface area contributed by atoms with Gasteiger partial charge in [0.2, 0.25) is 5.24 Å². The van der Waals surface area contributed by atoms with E-state index in [4.69, 9.17) is 11.6 Å². The molecular formula is C14H11BrClNO3S. The van der Waals surface area contributed by atoms with Crippen molar-refractivity contribution in [3.8, 4) is 0 Å². The molecule has 0 bridgehead atoms. The zero-order chi connectivity index (χ0) is 15.5. The quantitative estimate of drug-likeness (QED) is 0.738. The lowest BCUT2D eigenvalue weighted by molar-refractivity contribution is -0.110. The van der Waals surface area contributed by atoms with Gasteiger partial charge in [0.1, 0.15) is 6.54 Å². The average Bonchev–Trinajstić information content (AvgIpc) is 2.46. The molecule has 0 fully saturated rings. The van der Waals surface area contributed by atoms with Crippen LogP contribution in [-0.4, -0.2) is 20.2 Å². The summed E-state index contributed by atoms with van der Waals surface area (Å²) in [5.41, 5.74) is 0.384. The van der Waals surface area contributed by atoms with Gasteiger partial charge in [-0.05, 0) is 48.0 Å². The minimum atomic E-state index is -3.86. The van der Waals surface area contributed by atoms with Crippen LogP contribution in [0, 0.1) is 0 Å². The summed E-state index contributed by atoms with van der Waals surface area (Å²) in [6, 6.07) is 14.5. The minimum absolute atomic E-state index is 0.0902. The van der Waals surface area contributed by atoms with Gasteiger partial charge in [0.05, 0.1) is 10.6 Å². The largest absolute Gasteiger partial charge is 0.279 e. The van der Waals surface area contributed by atoms with Crippen LogP contribution in [-0.2, 0) is 14.8 Å². The molecule has 2 rings (SSSR count). The second-order valence-electron chi connectivity index (χ2n) is 4.16. The van der Waals surface area contributed by atoms with Gasteiger partial charge in [-0.2, -0.15) is 0 Å². The van der Waals surface area contributed by atoms with Crippen LogP contribution in [0.5, 0.6) is 0 Å². The van der Waals surface area contributed by atoms with Crippen LogP contribution in [0.3, 0.4) is 0 Å². The SMILES string of the molecule is O=C(Cl)CN(c1ccccc1)S(=O)(=O)c1ccc(Br)cc1. The molecule has 0 heterocycles. The van der Waals surface area contributed by atoms with Crippen molar-refractivity contribution in [2.75, 3.05) is 10.8 Å². The maximum atomic E-state index is 12.7. The molecule has 2 aromatic carbocycles. The molecule has 2 aromatic rings. The third kappa shape index (κ3) is 3.84. The van der Waals surface area contributed by atoms with E-state index in [1.165, 1.54) is 12.1 Å². The van der Waals surface area contributed by atoms with Crippen LogP contribution in [0.1, 0.15) is 0 Å². The molecule has 0 atom stereocenters. The van der Waals surface area contributed by atoms with Crippen molar-refractivity contribution in [1.29, 1.82) is 0 Å². The van der Waals surface area contributed by atoms with Crippen LogP contribution in [0.2, 0.25) is 0 Å². The fraction of sp³-hybridized carbons (Fsp3) is 0.0714. The van der Waals surface area contributed by atoms with E-state index < -0.39 is 21.8 Å². The Morgan fingerprint density at radius 2 is 1.62 bits per heavy atom. The zero-order valence-electron chi connectivity index (χ0n) is 10.7. The van der Waals surface area contributed by atoms with E-state index in [2.05, 4.69) is 15.9 Å². The van der Waals surface area contributed by atoms with Gasteiger partial charge in [0, 0.05) is 4.47 Å². The van der Waals surface area contributed by atoms with E-state index in [9.17, 15) is 13.2 Å². The number of rotatable bonds is 5. The van der Waals surface area contributed by atoms with Crippen molar-refractivity contribution in [1.82, 2.24) is 0 Å². The summed E-state index contributed by atoms with van der Waals surface area (Å²) >= 11 is 8.64. The fourth-order valence-electron chi connectivity index (χ4n) is 1.76. The van der Waals surface area contributed by atoms with E-state index in [0.717, 1.165) is 8.78 Å². The maximum Gasteiger partial charge on any atom is 0.264 e. The highest BCUT2D eigenvalue weighted by Gasteiger charge is 2.26. The first-order valence-electron chi connectivity index (χ1n) is 5.93. The predicted molar refractivity (Wildman–Crippen MR) is 86.0 cm³/mol. The minimum Gasteiger partial charge on any atom is -0.279 e. The van der Waals surface area contributed by atoms with Crippen molar-refractivity contribution in [3.05, 3.63) is 59.1 Å². The molecule has 0 amide bonds. The molecule has 0 N–H and O–H groups in total. The maximum absolute atomic E-state index is 12.7. The van der Waals surface area contributed by atoms with Gasteiger partial charge in [-0.25, -0.2) is 8.42 Å². The normalized spacial score (nSPS) is 11.1. The number of para-hydroxylation sites is 1. The molecule has 4 nitrogen and oxygen atoms in total. The Morgan fingerprint density at radius 3 is 2.14 bits per heavy atom. The number of sulfonamides is 1. The summed E-state index contributed by atoms with van der Waals surface area (Å²) in [5.74, 6) is 0. The lowest BCUT2D eigenvalue weighted by Crippen LogP contribution is -2.34. The van der Waals surface area contributed by atoms with Gasteiger partial charge in [-0.3, -0.25) is 9.10 Å². The third-order valence-electron chi connectivity index (χ3n) is 2.71. The highest BCUT2D eigenvalue weighted by Crippen LogP contribution is 2.24. The van der Waals surface area contributed by atoms with Gasteiger partial charge in [-0.1, -0.05) is 34.1 Å². The molecule has 110 valence electrons. The molecule has 0 aliphatic heterocycles. The molecule has 21 heavy (non-hydrogen) atoms. The molecular weight excluding hydrogens is 378 g/mol. The number of nitrogens with zero attached hydrogens (tertiary/aromatic N) is 1. The van der Waals surface area contributed by atoms with Crippen LogP contribution in [0.4, 0.5) is 5.69 Å². The topological polar surface area (TPSA) is 54.5 Å². The monoisotopic (exact) mass is 387 g/mol. The highest BCUT2D eigenvalue weighted by atomic mass is 79.9. The Bertz CT molecular complexity index is 733. The van der Waals surface area contributed by atoms with Crippen molar-refractivity contribution in [3.63, 3.8) is 0 Å². The number of carbonyl (C=O) groups excluding carboxylic acids is 1. The Kier molecular flexibility index (Phi) is 5.03.